The van der Waals surface area contributed by atoms with E-state index in [1.165, 1.54) is 24.3 Å². The molecular formula is C19H17ClNO5PS. The fourth-order valence-corrected chi connectivity index (χ4v) is 5.36. The fourth-order valence-electron chi connectivity index (χ4n) is 2.65. The van der Waals surface area contributed by atoms with Crippen LogP contribution in [-0.2, 0) is 14.6 Å². The van der Waals surface area contributed by atoms with E-state index in [4.69, 9.17) is 11.6 Å². The van der Waals surface area contributed by atoms with Crippen LogP contribution in [0.2, 0.25) is 5.02 Å². The topological polar surface area (TPSA) is 104 Å². The summed E-state index contributed by atoms with van der Waals surface area (Å²) in [5, 5.41) is 0.594. The molecule has 0 unspecified atom stereocenters. The number of nitrogens with one attached hydrogen (secondary N) is 1. The summed E-state index contributed by atoms with van der Waals surface area (Å²) in [7, 11) is -8.94. The standard InChI is InChI=1S/C19H17ClNO5PS/c20-17-10-6-14(7-11-17)15-8-12-18(13-9-15)28(25,26)21-19(27(22,23)24)16-4-2-1-3-5-16/h1-13,19,21H,(H2,22,23,24)/t19-/m1/s1. The molecule has 0 spiro atoms. The Bertz CT molecular complexity index is 1100. The van der Waals surface area contributed by atoms with E-state index in [-0.39, 0.29) is 10.5 Å². The lowest BCUT2D eigenvalue weighted by atomic mass is 10.1. The first kappa shape index (κ1) is 20.7. The van der Waals surface area contributed by atoms with E-state index >= 15 is 0 Å². The van der Waals surface area contributed by atoms with Crippen LogP contribution in [0.25, 0.3) is 11.1 Å². The summed E-state index contributed by atoms with van der Waals surface area (Å²) in [6, 6.07) is 20.8. The third kappa shape index (κ3) is 4.89. The Balaban J connectivity index is 1.89. The molecule has 9 heteroatoms. The average molecular weight is 438 g/mol. The van der Waals surface area contributed by atoms with Crippen LogP contribution < -0.4 is 4.72 Å². The Kier molecular flexibility index (Phi) is 6.05. The first-order chi connectivity index (χ1) is 13.2. The van der Waals surface area contributed by atoms with Crippen molar-refractivity contribution in [1.82, 2.24) is 4.72 Å². The van der Waals surface area contributed by atoms with Gasteiger partial charge in [-0.3, -0.25) is 4.57 Å². The Hall–Kier alpha value is -1.99. The van der Waals surface area contributed by atoms with Gasteiger partial charge in [0.25, 0.3) is 0 Å². The monoisotopic (exact) mass is 437 g/mol. The Morgan fingerprint density at radius 2 is 1.32 bits per heavy atom. The second-order valence-corrected chi connectivity index (χ2v) is 9.90. The summed E-state index contributed by atoms with van der Waals surface area (Å²) in [4.78, 5) is 19.2. The third-order valence-corrected chi connectivity index (χ3v) is 7.03. The summed E-state index contributed by atoms with van der Waals surface area (Å²) >= 11 is 5.87. The van der Waals surface area contributed by atoms with Crippen LogP contribution in [0, 0.1) is 0 Å². The van der Waals surface area contributed by atoms with Crippen molar-refractivity contribution in [3.63, 3.8) is 0 Å². The minimum atomic E-state index is -4.78. The van der Waals surface area contributed by atoms with Crippen LogP contribution in [0.1, 0.15) is 11.3 Å². The molecule has 0 saturated heterocycles. The molecule has 3 N–H and O–H groups in total. The molecule has 1 atom stereocenters. The third-order valence-electron chi connectivity index (χ3n) is 4.06. The van der Waals surface area contributed by atoms with Gasteiger partial charge < -0.3 is 9.79 Å². The maximum Gasteiger partial charge on any atom is 0.347 e. The van der Waals surface area contributed by atoms with Crippen LogP contribution in [0.5, 0.6) is 0 Å². The first-order valence-electron chi connectivity index (χ1n) is 8.15. The Morgan fingerprint density at radius 3 is 1.82 bits per heavy atom. The zero-order valence-electron chi connectivity index (χ0n) is 14.4. The van der Waals surface area contributed by atoms with E-state index in [0.29, 0.717) is 5.02 Å². The largest absolute Gasteiger partial charge is 0.347 e. The molecule has 28 heavy (non-hydrogen) atoms. The lowest BCUT2D eigenvalue weighted by Gasteiger charge is -2.20. The molecule has 0 radical (unpaired) electrons. The van der Waals surface area contributed by atoms with Crippen LogP contribution in [0.4, 0.5) is 0 Å². The number of rotatable bonds is 6. The maximum atomic E-state index is 12.7. The van der Waals surface area contributed by atoms with Crippen molar-refractivity contribution in [3.8, 4) is 11.1 Å². The summed E-state index contributed by atoms with van der Waals surface area (Å²) < 4.78 is 39.4. The van der Waals surface area contributed by atoms with E-state index in [1.54, 1.807) is 42.5 Å². The summed E-state index contributed by atoms with van der Waals surface area (Å²) in [5.41, 5.74) is 1.82. The highest BCUT2D eigenvalue weighted by atomic mass is 35.5. The number of halogens is 1. The van der Waals surface area contributed by atoms with Gasteiger partial charge in [0.15, 0.2) is 0 Å². The van der Waals surface area contributed by atoms with E-state index in [9.17, 15) is 22.8 Å². The molecular weight excluding hydrogens is 421 g/mol. The number of benzene rings is 3. The maximum absolute atomic E-state index is 12.7. The van der Waals surface area contributed by atoms with Gasteiger partial charge in [0, 0.05) is 5.02 Å². The predicted octanol–water partition coefficient (Wildman–Crippen LogP) is 4.16. The quantitative estimate of drug-likeness (QED) is 0.502. The SMILES string of the molecule is O=P(O)(O)[C@@H](NS(=O)(=O)c1ccc(-c2ccc(Cl)cc2)cc1)c1ccccc1. The normalized spacial score (nSPS) is 13.2. The van der Waals surface area contributed by atoms with Crippen LogP contribution in [-0.4, -0.2) is 18.2 Å². The minimum Gasteiger partial charge on any atom is -0.323 e. The number of hydrogen-bond donors (Lipinski definition) is 3. The summed E-state index contributed by atoms with van der Waals surface area (Å²) in [6.07, 6.45) is 0. The number of sulfonamides is 1. The van der Waals surface area contributed by atoms with Crippen molar-refractivity contribution in [3.05, 3.63) is 89.4 Å². The zero-order chi connectivity index (χ0) is 20.4. The predicted molar refractivity (Wildman–Crippen MR) is 108 cm³/mol. The average Bonchev–Trinajstić information content (AvgIpc) is 2.67. The van der Waals surface area contributed by atoms with Gasteiger partial charge >= 0.3 is 7.60 Å². The Labute approximate surface area is 168 Å². The van der Waals surface area contributed by atoms with Crippen molar-refractivity contribution in [2.45, 2.75) is 10.7 Å². The lowest BCUT2D eigenvalue weighted by molar-refractivity contribution is 0.355. The Morgan fingerprint density at radius 1 is 0.821 bits per heavy atom. The van der Waals surface area contributed by atoms with Crippen molar-refractivity contribution in [2.75, 3.05) is 0 Å². The van der Waals surface area contributed by atoms with Gasteiger partial charge in [-0.15, -0.1) is 0 Å². The fraction of sp³-hybridized carbons (Fsp3) is 0.0526. The van der Waals surface area contributed by atoms with Gasteiger partial charge in [-0.2, -0.15) is 4.72 Å². The molecule has 0 aromatic heterocycles. The highest BCUT2D eigenvalue weighted by Crippen LogP contribution is 2.50. The summed E-state index contributed by atoms with van der Waals surface area (Å²) in [6.45, 7) is 0. The second kappa shape index (κ2) is 8.17. The van der Waals surface area contributed by atoms with Crippen LogP contribution in [0.3, 0.4) is 0 Å². The van der Waals surface area contributed by atoms with Gasteiger partial charge in [-0.05, 0) is 41.0 Å². The highest BCUT2D eigenvalue weighted by Gasteiger charge is 2.34. The summed E-state index contributed by atoms with van der Waals surface area (Å²) in [5.74, 6) is -1.67. The van der Waals surface area contributed by atoms with Crippen molar-refractivity contribution in [1.29, 1.82) is 0 Å². The van der Waals surface area contributed by atoms with E-state index in [1.807, 2.05) is 12.1 Å². The van der Waals surface area contributed by atoms with Gasteiger partial charge in [0.2, 0.25) is 10.0 Å². The molecule has 3 rings (SSSR count). The first-order valence-corrected chi connectivity index (χ1v) is 11.7. The van der Waals surface area contributed by atoms with Crippen LogP contribution in [0.15, 0.2) is 83.8 Å². The van der Waals surface area contributed by atoms with Crippen molar-refractivity contribution < 1.29 is 22.8 Å². The molecule has 0 fully saturated rings. The van der Waals surface area contributed by atoms with E-state index in [0.717, 1.165) is 11.1 Å². The molecule has 0 aliphatic heterocycles. The molecule has 146 valence electrons. The molecule has 0 bridgehead atoms. The minimum absolute atomic E-state index is 0.0976. The smallest absolute Gasteiger partial charge is 0.323 e. The van der Waals surface area contributed by atoms with Crippen LogP contribution >= 0.6 is 19.2 Å². The molecule has 6 nitrogen and oxygen atoms in total. The second-order valence-electron chi connectivity index (χ2n) is 6.05. The molecule has 3 aromatic carbocycles. The number of hydrogen-bond acceptors (Lipinski definition) is 3. The van der Waals surface area contributed by atoms with Gasteiger partial charge in [-0.25, -0.2) is 8.42 Å². The molecule has 3 aromatic rings. The van der Waals surface area contributed by atoms with E-state index < -0.39 is 23.4 Å². The molecule has 0 aliphatic rings. The molecule has 0 saturated carbocycles. The molecule has 0 aliphatic carbocycles. The van der Waals surface area contributed by atoms with E-state index in [2.05, 4.69) is 4.72 Å². The highest BCUT2D eigenvalue weighted by molar-refractivity contribution is 7.89. The van der Waals surface area contributed by atoms with Gasteiger partial charge in [0.1, 0.15) is 5.78 Å². The van der Waals surface area contributed by atoms with Crippen molar-refractivity contribution in [2.24, 2.45) is 0 Å². The zero-order valence-corrected chi connectivity index (χ0v) is 16.9. The lowest BCUT2D eigenvalue weighted by Crippen LogP contribution is -2.28. The van der Waals surface area contributed by atoms with Gasteiger partial charge in [-0.1, -0.05) is 66.2 Å². The van der Waals surface area contributed by atoms with Gasteiger partial charge in [0.05, 0.1) is 4.90 Å². The molecule has 0 amide bonds. The van der Waals surface area contributed by atoms with Crippen molar-refractivity contribution >= 4 is 29.2 Å². The molecule has 0 heterocycles.